The lowest BCUT2D eigenvalue weighted by molar-refractivity contribution is 0.403. The molecule has 5 nitrogen and oxygen atoms in total. The normalized spacial score (nSPS) is 11.1. The van der Waals surface area contributed by atoms with E-state index in [0.29, 0.717) is 16.4 Å². The van der Waals surface area contributed by atoms with E-state index in [1.165, 1.54) is 13.2 Å². The second-order valence-corrected chi connectivity index (χ2v) is 6.84. The van der Waals surface area contributed by atoms with Crippen LogP contribution in [0.15, 0.2) is 47.4 Å². The van der Waals surface area contributed by atoms with Crippen molar-refractivity contribution in [3.63, 3.8) is 0 Å². The van der Waals surface area contributed by atoms with E-state index in [1.807, 2.05) is 0 Å². The van der Waals surface area contributed by atoms with Crippen LogP contribution in [0, 0.1) is 0 Å². The molecule has 0 amide bonds. The van der Waals surface area contributed by atoms with Gasteiger partial charge in [0, 0.05) is 14.1 Å². The summed E-state index contributed by atoms with van der Waals surface area (Å²) in [6.45, 7) is 0. The van der Waals surface area contributed by atoms with Crippen molar-refractivity contribution in [2.24, 2.45) is 0 Å². The maximum Gasteiger partial charge on any atom is 0.265 e. The van der Waals surface area contributed by atoms with Gasteiger partial charge in [0.25, 0.3) is 10.0 Å². The third-order valence-corrected chi connectivity index (χ3v) is 4.75. The maximum absolute atomic E-state index is 12.6. The second-order valence-electron chi connectivity index (χ2n) is 4.79. The molecule has 22 heavy (non-hydrogen) atoms. The van der Waals surface area contributed by atoms with E-state index >= 15 is 0 Å². The zero-order chi connectivity index (χ0) is 16.3. The van der Waals surface area contributed by atoms with Crippen LogP contribution < -0.4 is 14.4 Å². The number of hydrogen-bond donors (Lipinski definition) is 1. The lowest BCUT2D eigenvalue weighted by Gasteiger charge is -2.20. The Bertz CT molecular complexity index is 776. The number of para-hydroxylation sites is 2. The summed E-state index contributed by atoms with van der Waals surface area (Å²) in [5, 5.41) is 0.463. The summed E-state index contributed by atoms with van der Waals surface area (Å²) in [5.41, 5.74) is 1.01. The third-order valence-electron chi connectivity index (χ3n) is 3.04. The summed E-state index contributed by atoms with van der Waals surface area (Å²) in [6.07, 6.45) is 0. The highest BCUT2D eigenvalue weighted by Crippen LogP contribution is 2.34. The zero-order valence-corrected chi connectivity index (χ0v) is 14.1. The molecule has 1 N–H and O–H groups in total. The summed E-state index contributed by atoms with van der Waals surface area (Å²) < 4.78 is 32.9. The van der Waals surface area contributed by atoms with Crippen molar-refractivity contribution in [1.82, 2.24) is 0 Å². The Morgan fingerprint density at radius 1 is 1.09 bits per heavy atom. The van der Waals surface area contributed by atoms with E-state index in [0.717, 1.165) is 0 Å². The molecule has 2 rings (SSSR count). The molecule has 0 saturated carbocycles. The summed E-state index contributed by atoms with van der Waals surface area (Å²) >= 11 is 6.16. The number of nitrogens with one attached hydrogen (secondary N) is 1. The van der Waals surface area contributed by atoms with Gasteiger partial charge in [-0.15, -0.1) is 0 Å². The molecule has 0 aromatic heterocycles. The molecule has 118 valence electrons. The van der Waals surface area contributed by atoms with E-state index in [1.54, 1.807) is 55.4 Å². The molecule has 0 atom stereocenters. The van der Waals surface area contributed by atoms with Gasteiger partial charge in [-0.1, -0.05) is 29.8 Å². The fourth-order valence-electron chi connectivity index (χ4n) is 2.09. The minimum absolute atomic E-state index is 0.0715. The third kappa shape index (κ3) is 3.28. The van der Waals surface area contributed by atoms with E-state index in [-0.39, 0.29) is 10.6 Å². The molecule has 2 aromatic rings. The lowest BCUT2D eigenvalue weighted by Crippen LogP contribution is -2.18. The molecule has 0 fully saturated rings. The monoisotopic (exact) mass is 340 g/mol. The van der Waals surface area contributed by atoms with Gasteiger partial charge in [0.2, 0.25) is 0 Å². The Morgan fingerprint density at radius 2 is 1.77 bits per heavy atom. The number of nitrogens with zero attached hydrogens (tertiary/aromatic N) is 1. The van der Waals surface area contributed by atoms with Crippen LogP contribution in [-0.4, -0.2) is 29.6 Å². The van der Waals surface area contributed by atoms with Crippen LogP contribution in [0.1, 0.15) is 0 Å². The van der Waals surface area contributed by atoms with Crippen LogP contribution in [-0.2, 0) is 10.0 Å². The first-order valence-corrected chi connectivity index (χ1v) is 8.34. The van der Waals surface area contributed by atoms with Crippen molar-refractivity contribution < 1.29 is 13.2 Å². The standard InChI is InChI=1S/C15H17ClN2O3S/c1-18(2)15-11(16)7-6-8-12(15)17-22(19,20)14-10-5-4-9-13(14)21-3/h4-10,17H,1-3H3. The van der Waals surface area contributed by atoms with Gasteiger partial charge >= 0.3 is 0 Å². The van der Waals surface area contributed by atoms with Crippen molar-refractivity contribution in [3.05, 3.63) is 47.5 Å². The summed E-state index contributed by atoms with van der Waals surface area (Å²) in [6, 6.07) is 11.5. The molecule has 0 heterocycles. The summed E-state index contributed by atoms with van der Waals surface area (Å²) in [4.78, 5) is 1.82. The first-order chi connectivity index (χ1) is 10.4. The highest BCUT2D eigenvalue weighted by Gasteiger charge is 2.21. The molecule has 2 aromatic carbocycles. The molecule has 0 aliphatic heterocycles. The van der Waals surface area contributed by atoms with Crippen molar-refractivity contribution >= 4 is 33.0 Å². The van der Waals surface area contributed by atoms with Gasteiger partial charge in [0.15, 0.2) is 0 Å². The van der Waals surface area contributed by atoms with Crippen LogP contribution >= 0.6 is 11.6 Å². The molecule has 0 unspecified atom stereocenters. The smallest absolute Gasteiger partial charge is 0.265 e. The van der Waals surface area contributed by atoms with Crippen molar-refractivity contribution in [2.75, 3.05) is 30.8 Å². The Balaban J connectivity index is 2.48. The predicted octanol–water partition coefficient (Wildman–Crippen LogP) is 3.22. The van der Waals surface area contributed by atoms with Gasteiger partial charge in [0.05, 0.1) is 23.5 Å². The van der Waals surface area contributed by atoms with Crippen LogP contribution in [0.5, 0.6) is 5.75 Å². The molecular weight excluding hydrogens is 324 g/mol. The summed E-state index contributed by atoms with van der Waals surface area (Å²) in [5.74, 6) is 0.281. The van der Waals surface area contributed by atoms with E-state index < -0.39 is 10.0 Å². The predicted molar refractivity (Wildman–Crippen MR) is 89.6 cm³/mol. The SMILES string of the molecule is COc1ccccc1S(=O)(=O)Nc1cccc(Cl)c1N(C)C. The van der Waals surface area contributed by atoms with Gasteiger partial charge in [-0.3, -0.25) is 4.72 Å². The molecule has 7 heteroatoms. The highest BCUT2D eigenvalue weighted by molar-refractivity contribution is 7.92. The molecule has 0 aliphatic rings. The number of methoxy groups -OCH3 is 1. The van der Waals surface area contributed by atoms with Crippen molar-refractivity contribution in [3.8, 4) is 5.75 Å². The number of benzene rings is 2. The number of rotatable bonds is 5. The van der Waals surface area contributed by atoms with Gasteiger partial charge in [-0.25, -0.2) is 8.42 Å². The average Bonchev–Trinajstić information content (AvgIpc) is 2.46. The molecule has 0 saturated heterocycles. The highest BCUT2D eigenvalue weighted by atomic mass is 35.5. The molecule has 0 bridgehead atoms. The van der Waals surface area contributed by atoms with Crippen LogP contribution in [0.2, 0.25) is 5.02 Å². The summed E-state index contributed by atoms with van der Waals surface area (Å²) in [7, 11) is 1.23. The Labute approximate surface area is 135 Å². The number of anilines is 2. The number of ether oxygens (including phenoxy) is 1. The van der Waals surface area contributed by atoms with Crippen LogP contribution in [0.25, 0.3) is 0 Å². The fraction of sp³-hybridized carbons (Fsp3) is 0.200. The van der Waals surface area contributed by atoms with E-state index in [9.17, 15) is 8.42 Å². The van der Waals surface area contributed by atoms with Crippen LogP contribution in [0.4, 0.5) is 11.4 Å². The minimum atomic E-state index is -3.79. The topological polar surface area (TPSA) is 58.6 Å². The number of sulfonamides is 1. The van der Waals surface area contributed by atoms with Gasteiger partial charge in [0.1, 0.15) is 10.6 Å². The van der Waals surface area contributed by atoms with Gasteiger partial charge in [-0.05, 0) is 24.3 Å². The minimum Gasteiger partial charge on any atom is -0.495 e. The average molecular weight is 341 g/mol. The molecule has 0 radical (unpaired) electrons. The Kier molecular flexibility index (Phi) is 4.83. The van der Waals surface area contributed by atoms with E-state index in [4.69, 9.17) is 16.3 Å². The first-order valence-electron chi connectivity index (χ1n) is 6.48. The first kappa shape index (κ1) is 16.5. The molecule has 0 aliphatic carbocycles. The largest absolute Gasteiger partial charge is 0.495 e. The lowest BCUT2D eigenvalue weighted by atomic mass is 10.2. The Morgan fingerprint density at radius 3 is 2.41 bits per heavy atom. The quantitative estimate of drug-likeness (QED) is 0.908. The molecular formula is C15H17ClN2O3S. The fourth-order valence-corrected chi connectivity index (χ4v) is 3.67. The van der Waals surface area contributed by atoms with Gasteiger partial charge in [-0.2, -0.15) is 0 Å². The number of hydrogen-bond acceptors (Lipinski definition) is 4. The maximum atomic E-state index is 12.6. The Hall–Kier alpha value is -1.92. The second kappa shape index (κ2) is 6.46. The number of halogens is 1. The van der Waals surface area contributed by atoms with Gasteiger partial charge < -0.3 is 9.64 Å². The van der Waals surface area contributed by atoms with E-state index in [2.05, 4.69) is 4.72 Å². The van der Waals surface area contributed by atoms with Crippen LogP contribution in [0.3, 0.4) is 0 Å². The van der Waals surface area contributed by atoms with Crippen molar-refractivity contribution in [2.45, 2.75) is 4.90 Å². The zero-order valence-electron chi connectivity index (χ0n) is 12.5. The molecule has 0 spiro atoms. The van der Waals surface area contributed by atoms with Crippen molar-refractivity contribution in [1.29, 1.82) is 0 Å².